The van der Waals surface area contributed by atoms with Crippen molar-refractivity contribution in [3.63, 3.8) is 0 Å². The van der Waals surface area contributed by atoms with Crippen molar-refractivity contribution in [2.75, 3.05) is 5.73 Å². The van der Waals surface area contributed by atoms with Crippen LogP contribution < -0.4 is 5.73 Å². The Bertz CT molecular complexity index is 566. The Morgan fingerprint density at radius 2 is 1.94 bits per heavy atom. The van der Waals surface area contributed by atoms with Crippen molar-refractivity contribution < 1.29 is 0 Å². The Hall–Kier alpha value is -1.61. The molecule has 1 aromatic heterocycles. The fourth-order valence-electron chi connectivity index (χ4n) is 2.17. The molecule has 2 N–H and O–H groups in total. The lowest BCUT2D eigenvalue weighted by atomic mass is 9.89. The molecule has 1 aromatic carbocycles. The second kappa shape index (κ2) is 3.46. The zero-order chi connectivity index (χ0) is 11.1. The molecule has 0 bridgehead atoms. The number of benzene rings is 1. The van der Waals surface area contributed by atoms with Crippen molar-refractivity contribution in [3.05, 3.63) is 40.7 Å². The maximum Gasteiger partial charge on any atom is 0.224 e. The van der Waals surface area contributed by atoms with Crippen LogP contribution in [0.15, 0.2) is 24.3 Å². The van der Waals surface area contributed by atoms with Crippen molar-refractivity contribution in [1.29, 1.82) is 0 Å². The molecule has 4 heteroatoms. The molecule has 0 saturated heterocycles. The average Bonchev–Trinajstić information content (AvgIpc) is 2.28. The van der Waals surface area contributed by atoms with Crippen LogP contribution in [0.4, 0.5) is 5.82 Å². The number of aromatic nitrogens is 2. The van der Waals surface area contributed by atoms with Gasteiger partial charge in [-0.15, -0.1) is 0 Å². The second-order valence-corrected chi connectivity index (χ2v) is 4.20. The lowest BCUT2D eigenvalue weighted by molar-refractivity contribution is 0.916. The number of fused-ring (bicyclic) bond motifs is 3. The van der Waals surface area contributed by atoms with Crippen LogP contribution in [0.3, 0.4) is 0 Å². The summed E-state index contributed by atoms with van der Waals surface area (Å²) in [4.78, 5) is 8.28. The van der Waals surface area contributed by atoms with Gasteiger partial charge in [-0.1, -0.05) is 24.3 Å². The number of rotatable bonds is 0. The molecule has 0 saturated carbocycles. The molecule has 3 nitrogen and oxygen atoms in total. The van der Waals surface area contributed by atoms with Gasteiger partial charge in [-0.05, 0) is 30.0 Å². The van der Waals surface area contributed by atoms with Crippen molar-refractivity contribution in [1.82, 2.24) is 9.97 Å². The third kappa shape index (κ3) is 1.36. The highest BCUT2D eigenvalue weighted by molar-refractivity contribution is 6.28. The molecule has 1 aliphatic rings. The molecular weight excluding hydrogens is 222 g/mol. The Kier molecular flexibility index (Phi) is 2.07. The van der Waals surface area contributed by atoms with E-state index in [1.165, 1.54) is 5.56 Å². The molecule has 16 heavy (non-hydrogen) atoms. The monoisotopic (exact) mass is 231 g/mol. The van der Waals surface area contributed by atoms with E-state index in [0.717, 1.165) is 29.7 Å². The van der Waals surface area contributed by atoms with Gasteiger partial charge >= 0.3 is 0 Å². The summed E-state index contributed by atoms with van der Waals surface area (Å²) in [6, 6.07) is 8.21. The van der Waals surface area contributed by atoms with Gasteiger partial charge in [0.1, 0.15) is 5.82 Å². The highest BCUT2D eigenvalue weighted by Gasteiger charge is 2.20. The summed E-state index contributed by atoms with van der Waals surface area (Å²) in [6.45, 7) is 0. The lowest BCUT2D eigenvalue weighted by Gasteiger charge is -2.19. The minimum absolute atomic E-state index is 0.216. The van der Waals surface area contributed by atoms with E-state index in [0.29, 0.717) is 5.82 Å². The van der Waals surface area contributed by atoms with Crippen LogP contribution in [-0.4, -0.2) is 9.97 Å². The number of hydrogen-bond acceptors (Lipinski definition) is 3. The van der Waals surface area contributed by atoms with Crippen molar-refractivity contribution in [2.24, 2.45) is 0 Å². The lowest BCUT2D eigenvalue weighted by Crippen LogP contribution is -2.10. The Morgan fingerprint density at radius 3 is 2.81 bits per heavy atom. The van der Waals surface area contributed by atoms with E-state index >= 15 is 0 Å². The topological polar surface area (TPSA) is 51.8 Å². The molecular formula is C12H10ClN3. The minimum Gasteiger partial charge on any atom is -0.383 e. The van der Waals surface area contributed by atoms with Crippen LogP contribution in [-0.2, 0) is 12.8 Å². The van der Waals surface area contributed by atoms with Gasteiger partial charge in [0.2, 0.25) is 5.28 Å². The van der Waals surface area contributed by atoms with Crippen molar-refractivity contribution in [2.45, 2.75) is 12.8 Å². The number of hydrogen-bond donors (Lipinski definition) is 1. The van der Waals surface area contributed by atoms with Crippen LogP contribution >= 0.6 is 11.6 Å². The zero-order valence-corrected chi connectivity index (χ0v) is 9.33. The predicted octanol–water partition coefficient (Wildman–Crippen LogP) is 2.48. The van der Waals surface area contributed by atoms with E-state index in [1.54, 1.807) is 0 Å². The van der Waals surface area contributed by atoms with Crippen LogP contribution in [0.5, 0.6) is 0 Å². The molecule has 0 aliphatic heterocycles. The Labute approximate surface area is 98.3 Å². The van der Waals surface area contributed by atoms with E-state index in [2.05, 4.69) is 22.1 Å². The molecule has 1 aliphatic carbocycles. The SMILES string of the molecule is Nc1nc(Cl)nc2c1CCc1ccccc1-2. The van der Waals surface area contributed by atoms with Crippen LogP contribution in [0.1, 0.15) is 11.1 Å². The molecule has 3 rings (SSSR count). The number of aryl methyl sites for hydroxylation is 1. The highest BCUT2D eigenvalue weighted by Crippen LogP contribution is 2.34. The van der Waals surface area contributed by atoms with Crippen LogP contribution in [0.25, 0.3) is 11.3 Å². The van der Waals surface area contributed by atoms with Gasteiger partial charge in [0.25, 0.3) is 0 Å². The van der Waals surface area contributed by atoms with Crippen molar-refractivity contribution >= 4 is 17.4 Å². The molecule has 80 valence electrons. The summed E-state index contributed by atoms with van der Waals surface area (Å²) < 4.78 is 0. The normalized spacial score (nSPS) is 13.1. The van der Waals surface area contributed by atoms with Gasteiger partial charge in [-0.3, -0.25) is 0 Å². The first-order valence-electron chi connectivity index (χ1n) is 5.16. The van der Waals surface area contributed by atoms with Crippen LogP contribution in [0.2, 0.25) is 5.28 Å². The van der Waals surface area contributed by atoms with Gasteiger partial charge in [0.15, 0.2) is 0 Å². The highest BCUT2D eigenvalue weighted by atomic mass is 35.5. The van der Waals surface area contributed by atoms with E-state index in [-0.39, 0.29) is 5.28 Å². The molecule has 0 radical (unpaired) electrons. The largest absolute Gasteiger partial charge is 0.383 e. The van der Waals surface area contributed by atoms with E-state index in [9.17, 15) is 0 Å². The molecule has 1 heterocycles. The first kappa shape index (κ1) is 9.60. The Morgan fingerprint density at radius 1 is 1.12 bits per heavy atom. The maximum atomic E-state index is 5.86. The van der Waals surface area contributed by atoms with E-state index < -0.39 is 0 Å². The van der Waals surface area contributed by atoms with Gasteiger partial charge < -0.3 is 5.73 Å². The minimum atomic E-state index is 0.216. The van der Waals surface area contributed by atoms with E-state index in [4.69, 9.17) is 17.3 Å². The number of nitrogen functional groups attached to an aromatic ring is 1. The fraction of sp³-hybridized carbons (Fsp3) is 0.167. The third-order valence-electron chi connectivity index (χ3n) is 2.93. The molecule has 0 unspecified atom stereocenters. The summed E-state index contributed by atoms with van der Waals surface area (Å²) in [7, 11) is 0. The number of nitrogens with zero attached hydrogens (tertiary/aromatic N) is 2. The summed E-state index contributed by atoms with van der Waals surface area (Å²) in [5.41, 5.74) is 10.2. The Balaban J connectivity index is 2.31. The predicted molar refractivity (Wildman–Crippen MR) is 64.3 cm³/mol. The summed E-state index contributed by atoms with van der Waals surface area (Å²) in [5, 5.41) is 0.216. The molecule has 0 fully saturated rings. The molecule has 0 amide bonds. The summed E-state index contributed by atoms with van der Waals surface area (Å²) in [6.07, 6.45) is 1.87. The first-order valence-corrected chi connectivity index (χ1v) is 5.53. The van der Waals surface area contributed by atoms with E-state index in [1.807, 2.05) is 12.1 Å². The molecule has 0 spiro atoms. The molecule has 0 atom stereocenters. The van der Waals surface area contributed by atoms with Crippen LogP contribution in [0, 0.1) is 0 Å². The zero-order valence-electron chi connectivity index (χ0n) is 8.57. The van der Waals surface area contributed by atoms with Gasteiger partial charge in [-0.2, -0.15) is 0 Å². The first-order chi connectivity index (χ1) is 7.75. The molecule has 2 aromatic rings. The van der Waals surface area contributed by atoms with Gasteiger partial charge in [-0.25, -0.2) is 9.97 Å². The summed E-state index contributed by atoms with van der Waals surface area (Å²) in [5.74, 6) is 0.504. The average molecular weight is 232 g/mol. The smallest absolute Gasteiger partial charge is 0.224 e. The maximum absolute atomic E-state index is 5.86. The second-order valence-electron chi connectivity index (χ2n) is 3.86. The fourth-order valence-corrected chi connectivity index (χ4v) is 2.35. The number of nitrogens with two attached hydrogens (primary N) is 1. The standard InChI is InChI=1S/C12H10ClN3/c13-12-15-10-8-4-2-1-3-7(8)5-6-9(10)11(14)16-12/h1-4H,5-6H2,(H2,14,15,16). The van der Waals surface area contributed by atoms with Crippen molar-refractivity contribution in [3.8, 4) is 11.3 Å². The number of anilines is 1. The van der Waals surface area contributed by atoms with Gasteiger partial charge in [0, 0.05) is 11.1 Å². The summed E-state index contributed by atoms with van der Waals surface area (Å²) >= 11 is 5.85. The number of halogens is 1. The van der Waals surface area contributed by atoms with Gasteiger partial charge in [0.05, 0.1) is 5.69 Å². The third-order valence-corrected chi connectivity index (χ3v) is 3.10. The quantitative estimate of drug-likeness (QED) is 0.709.